The maximum absolute atomic E-state index is 13.5. The highest BCUT2D eigenvalue weighted by atomic mass is 19.1. The SMILES string of the molecule is CC(Nc1nccc(-c2oc(N3CCOCC3)nc2-c2ccc(F)cc2)n1)c1ccccc1. The molecule has 0 amide bonds. The minimum Gasteiger partial charge on any atom is -0.421 e. The number of hydrogen-bond donors (Lipinski definition) is 1. The number of rotatable bonds is 6. The smallest absolute Gasteiger partial charge is 0.298 e. The van der Waals surface area contributed by atoms with E-state index in [1.165, 1.54) is 12.1 Å². The number of benzene rings is 2. The van der Waals surface area contributed by atoms with Crippen molar-refractivity contribution in [2.45, 2.75) is 13.0 Å². The van der Waals surface area contributed by atoms with Crippen molar-refractivity contribution in [1.82, 2.24) is 15.0 Å². The van der Waals surface area contributed by atoms with E-state index in [2.05, 4.69) is 29.4 Å². The van der Waals surface area contributed by atoms with Crippen molar-refractivity contribution >= 4 is 12.0 Å². The van der Waals surface area contributed by atoms with Crippen LogP contribution < -0.4 is 10.2 Å². The van der Waals surface area contributed by atoms with Gasteiger partial charge in [-0.25, -0.2) is 14.4 Å². The van der Waals surface area contributed by atoms with E-state index in [-0.39, 0.29) is 11.9 Å². The molecule has 3 heterocycles. The summed E-state index contributed by atoms with van der Waals surface area (Å²) in [6.45, 7) is 4.66. The third kappa shape index (κ3) is 4.70. The van der Waals surface area contributed by atoms with Gasteiger partial charge in [-0.05, 0) is 42.8 Å². The van der Waals surface area contributed by atoms with Crippen molar-refractivity contribution in [3.05, 3.63) is 78.2 Å². The molecule has 1 saturated heterocycles. The van der Waals surface area contributed by atoms with Crippen LogP contribution in [0.25, 0.3) is 22.7 Å². The van der Waals surface area contributed by atoms with Gasteiger partial charge in [0.25, 0.3) is 6.01 Å². The molecule has 5 rings (SSSR count). The molecular formula is C25H24FN5O2. The average Bonchev–Trinajstić information content (AvgIpc) is 3.31. The molecular weight excluding hydrogens is 421 g/mol. The third-order valence-corrected chi connectivity index (χ3v) is 5.55. The second-order valence-electron chi connectivity index (χ2n) is 7.82. The Morgan fingerprint density at radius 1 is 0.970 bits per heavy atom. The molecule has 2 aromatic carbocycles. The van der Waals surface area contributed by atoms with Gasteiger partial charge in [0, 0.05) is 24.8 Å². The maximum atomic E-state index is 13.5. The summed E-state index contributed by atoms with van der Waals surface area (Å²) < 4.78 is 25.2. The molecule has 1 aliphatic rings. The molecule has 0 radical (unpaired) electrons. The standard InChI is InChI=1S/C25H24FN5O2/c1-17(18-5-3-2-4-6-18)28-24-27-12-11-21(29-24)23-22(19-7-9-20(26)10-8-19)30-25(33-23)31-13-15-32-16-14-31/h2-12,17H,13-16H2,1H3,(H,27,28,29). The summed E-state index contributed by atoms with van der Waals surface area (Å²) in [6, 6.07) is 18.6. The van der Waals surface area contributed by atoms with Crippen LogP contribution in [0.2, 0.25) is 0 Å². The predicted molar refractivity (Wildman–Crippen MR) is 124 cm³/mol. The van der Waals surface area contributed by atoms with E-state index in [0.29, 0.717) is 55.4 Å². The van der Waals surface area contributed by atoms with Crippen molar-refractivity contribution in [3.8, 4) is 22.7 Å². The summed E-state index contributed by atoms with van der Waals surface area (Å²) in [6.07, 6.45) is 1.69. The van der Waals surface area contributed by atoms with Gasteiger partial charge in [-0.15, -0.1) is 0 Å². The number of hydrogen-bond acceptors (Lipinski definition) is 7. The van der Waals surface area contributed by atoms with Gasteiger partial charge in [0.15, 0.2) is 5.76 Å². The van der Waals surface area contributed by atoms with Gasteiger partial charge in [-0.3, -0.25) is 0 Å². The fourth-order valence-electron chi connectivity index (χ4n) is 3.75. The Labute approximate surface area is 191 Å². The molecule has 1 atom stereocenters. The molecule has 168 valence electrons. The summed E-state index contributed by atoms with van der Waals surface area (Å²) in [5.41, 5.74) is 3.09. The number of anilines is 2. The van der Waals surface area contributed by atoms with Crippen LogP contribution in [0.4, 0.5) is 16.4 Å². The van der Waals surface area contributed by atoms with Gasteiger partial charge < -0.3 is 19.4 Å². The van der Waals surface area contributed by atoms with Gasteiger partial charge in [-0.1, -0.05) is 30.3 Å². The van der Waals surface area contributed by atoms with E-state index in [1.54, 1.807) is 24.4 Å². The van der Waals surface area contributed by atoms with E-state index in [1.807, 2.05) is 23.1 Å². The summed E-state index contributed by atoms with van der Waals surface area (Å²) in [5.74, 6) is 0.694. The van der Waals surface area contributed by atoms with Crippen LogP contribution in [0.15, 0.2) is 71.3 Å². The average molecular weight is 445 g/mol. The van der Waals surface area contributed by atoms with Gasteiger partial charge in [0.2, 0.25) is 5.95 Å². The molecule has 0 bridgehead atoms. The van der Waals surface area contributed by atoms with Crippen molar-refractivity contribution in [2.75, 3.05) is 36.5 Å². The zero-order valence-electron chi connectivity index (χ0n) is 18.2. The summed E-state index contributed by atoms with van der Waals surface area (Å²) in [5, 5.41) is 3.34. The lowest BCUT2D eigenvalue weighted by molar-refractivity contribution is 0.120. The van der Waals surface area contributed by atoms with Crippen LogP contribution in [0.5, 0.6) is 0 Å². The quantitative estimate of drug-likeness (QED) is 0.450. The zero-order chi connectivity index (χ0) is 22.6. The predicted octanol–water partition coefficient (Wildman–Crippen LogP) is 4.95. The Hall–Kier alpha value is -3.78. The van der Waals surface area contributed by atoms with E-state index in [0.717, 1.165) is 11.1 Å². The Morgan fingerprint density at radius 3 is 2.48 bits per heavy atom. The molecule has 7 nitrogen and oxygen atoms in total. The van der Waals surface area contributed by atoms with Gasteiger partial charge in [0.05, 0.1) is 19.3 Å². The molecule has 1 fully saturated rings. The number of ether oxygens (including phenoxy) is 1. The number of aromatic nitrogens is 3. The van der Waals surface area contributed by atoms with Crippen molar-refractivity contribution < 1.29 is 13.5 Å². The lowest BCUT2D eigenvalue weighted by atomic mass is 10.1. The number of nitrogens with one attached hydrogen (secondary N) is 1. The van der Waals surface area contributed by atoms with Crippen LogP contribution in [-0.4, -0.2) is 41.3 Å². The monoisotopic (exact) mass is 445 g/mol. The van der Waals surface area contributed by atoms with Gasteiger partial charge in [-0.2, -0.15) is 4.98 Å². The second kappa shape index (κ2) is 9.38. The highest BCUT2D eigenvalue weighted by Gasteiger charge is 2.23. The Bertz CT molecular complexity index is 1210. The van der Waals surface area contributed by atoms with Crippen LogP contribution in [0, 0.1) is 5.82 Å². The van der Waals surface area contributed by atoms with E-state index in [9.17, 15) is 4.39 Å². The van der Waals surface area contributed by atoms with Crippen LogP contribution in [0.1, 0.15) is 18.5 Å². The molecule has 0 saturated carbocycles. The molecule has 0 spiro atoms. The minimum atomic E-state index is -0.305. The Balaban J connectivity index is 1.50. The maximum Gasteiger partial charge on any atom is 0.298 e. The number of morpholine rings is 1. The highest BCUT2D eigenvalue weighted by Crippen LogP contribution is 2.35. The van der Waals surface area contributed by atoms with Gasteiger partial charge >= 0.3 is 0 Å². The van der Waals surface area contributed by atoms with Crippen LogP contribution in [0.3, 0.4) is 0 Å². The topological polar surface area (TPSA) is 76.3 Å². The molecule has 0 aliphatic carbocycles. The first-order valence-electron chi connectivity index (χ1n) is 10.9. The molecule has 1 N–H and O–H groups in total. The number of oxazole rings is 1. The van der Waals surface area contributed by atoms with Crippen molar-refractivity contribution in [3.63, 3.8) is 0 Å². The Kier molecular flexibility index (Phi) is 5.99. The number of nitrogens with zero attached hydrogens (tertiary/aromatic N) is 4. The van der Waals surface area contributed by atoms with Crippen LogP contribution >= 0.6 is 0 Å². The lowest BCUT2D eigenvalue weighted by Crippen LogP contribution is -2.36. The summed E-state index contributed by atoms with van der Waals surface area (Å²) in [4.78, 5) is 15.9. The first-order chi connectivity index (χ1) is 16.2. The Morgan fingerprint density at radius 2 is 1.73 bits per heavy atom. The number of halogens is 1. The molecule has 8 heteroatoms. The minimum absolute atomic E-state index is 0.0247. The first-order valence-corrected chi connectivity index (χ1v) is 10.9. The van der Waals surface area contributed by atoms with Crippen molar-refractivity contribution in [1.29, 1.82) is 0 Å². The van der Waals surface area contributed by atoms with E-state index in [4.69, 9.17) is 19.1 Å². The normalized spacial score (nSPS) is 14.8. The fourth-order valence-corrected chi connectivity index (χ4v) is 3.75. The molecule has 33 heavy (non-hydrogen) atoms. The molecule has 1 unspecified atom stereocenters. The highest BCUT2D eigenvalue weighted by molar-refractivity contribution is 5.76. The molecule has 2 aromatic heterocycles. The molecule has 1 aliphatic heterocycles. The lowest BCUT2D eigenvalue weighted by Gasteiger charge is -2.24. The summed E-state index contributed by atoms with van der Waals surface area (Å²) in [7, 11) is 0. The largest absolute Gasteiger partial charge is 0.421 e. The summed E-state index contributed by atoms with van der Waals surface area (Å²) >= 11 is 0. The molecule has 4 aromatic rings. The first kappa shape index (κ1) is 21.1. The third-order valence-electron chi connectivity index (χ3n) is 5.55. The fraction of sp³-hybridized carbons (Fsp3) is 0.240. The second-order valence-corrected chi connectivity index (χ2v) is 7.82. The van der Waals surface area contributed by atoms with E-state index >= 15 is 0 Å². The van der Waals surface area contributed by atoms with Crippen LogP contribution in [-0.2, 0) is 4.74 Å². The zero-order valence-corrected chi connectivity index (χ0v) is 18.2. The van der Waals surface area contributed by atoms with E-state index < -0.39 is 0 Å². The van der Waals surface area contributed by atoms with Gasteiger partial charge in [0.1, 0.15) is 17.2 Å². The van der Waals surface area contributed by atoms with Crippen molar-refractivity contribution in [2.24, 2.45) is 0 Å².